The number of rotatable bonds is 7. The van der Waals surface area contributed by atoms with Crippen molar-refractivity contribution in [3.8, 4) is 22.8 Å². The fourth-order valence-corrected chi connectivity index (χ4v) is 4.92. The topological polar surface area (TPSA) is 112 Å². The quantitative estimate of drug-likeness (QED) is 0.353. The van der Waals surface area contributed by atoms with Crippen LogP contribution < -0.4 is 15.6 Å². The highest BCUT2D eigenvalue weighted by molar-refractivity contribution is 6.31. The normalized spacial score (nSPS) is 13.9. The molecule has 0 aliphatic heterocycles. The van der Waals surface area contributed by atoms with E-state index in [4.69, 9.17) is 16.3 Å². The van der Waals surface area contributed by atoms with Gasteiger partial charge < -0.3 is 10.1 Å². The van der Waals surface area contributed by atoms with E-state index in [1.165, 1.54) is 4.57 Å². The van der Waals surface area contributed by atoms with Gasteiger partial charge in [0.1, 0.15) is 40.1 Å². The van der Waals surface area contributed by atoms with Crippen LogP contribution >= 0.6 is 11.6 Å². The number of likely N-dealkylation sites (N-methyl/N-ethyl adjacent to an activating group) is 1. The van der Waals surface area contributed by atoms with Crippen LogP contribution in [0.3, 0.4) is 0 Å². The van der Waals surface area contributed by atoms with Crippen molar-refractivity contribution in [2.45, 2.75) is 45.1 Å². The second-order valence-corrected chi connectivity index (χ2v) is 9.99. The Morgan fingerprint density at radius 3 is 2.58 bits per heavy atom. The molecule has 0 aromatic carbocycles. The molecule has 0 bridgehead atoms. The summed E-state index contributed by atoms with van der Waals surface area (Å²) in [6, 6.07) is 5.67. The summed E-state index contributed by atoms with van der Waals surface area (Å²) >= 11 is 6.39. The minimum atomic E-state index is -0.868. The standard InChI is InChI=1S/C28H25ClF2N6O3/c1-15-12-34-20(19-5-8-33-26(36-19)28(6-4-7-28)27(39)32-3)11-22(15)37-16(2)9-23(24(29)25(37)38)40-14-21-18(31)10-17(30)13-35-21/h5,8-13H,4,6-7,14H2,1-3H3,(H,32,39). The van der Waals surface area contributed by atoms with Gasteiger partial charge in [0, 0.05) is 37.3 Å². The maximum absolute atomic E-state index is 14.0. The number of ether oxygens (including phenoxy) is 1. The Labute approximate surface area is 233 Å². The number of aryl methyl sites for hydroxylation is 2. The number of halogens is 3. The van der Waals surface area contributed by atoms with Gasteiger partial charge in [0.15, 0.2) is 5.82 Å². The molecule has 12 heteroatoms. The lowest BCUT2D eigenvalue weighted by atomic mass is 9.67. The molecule has 0 atom stereocenters. The van der Waals surface area contributed by atoms with E-state index in [2.05, 4.69) is 25.3 Å². The third-order valence-electron chi connectivity index (χ3n) is 7.08. The highest BCUT2D eigenvalue weighted by Gasteiger charge is 2.47. The van der Waals surface area contributed by atoms with Gasteiger partial charge in [0.2, 0.25) is 5.91 Å². The van der Waals surface area contributed by atoms with Crippen molar-refractivity contribution in [1.29, 1.82) is 0 Å². The van der Waals surface area contributed by atoms with Crippen molar-refractivity contribution in [3.05, 3.63) is 92.6 Å². The zero-order chi connectivity index (χ0) is 28.6. The van der Waals surface area contributed by atoms with Crippen molar-refractivity contribution in [1.82, 2.24) is 29.8 Å². The van der Waals surface area contributed by atoms with Crippen LogP contribution in [0.4, 0.5) is 8.78 Å². The number of carbonyl (C=O) groups is 1. The van der Waals surface area contributed by atoms with Crippen molar-refractivity contribution in [2.75, 3.05) is 7.05 Å². The Bertz CT molecular complexity index is 1690. The second-order valence-electron chi connectivity index (χ2n) is 9.61. The summed E-state index contributed by atoms with van der Waals surface area (Å²) in [5, 5.41) is 2.50. The summed E-state index contributed by atoms with van der Waals surface area (Å²) in [5.74, 6) is -1.32. The van der Waals surface area contributed by atoms with Gasteiger partial charge in [-0.25, -0.2) is 18.7 Å². The Morgan fingerprint density at radius 1 is 1.12 bits per heavy atom. The van der Waals surface area contributed by atoms with Crippen LogP contribution in [0.1, 0.15) is 42.0 Å². The molecule has 40 heavy (non-hydrogen) atoms. The summed E-state index contributed by atoms with van der Waals surface area (Å²) in [4.78, 5) is 43.3. The van der Waals surface area contributed by atoms with E-state index in [9.17, 15) is 18.4 Å². The van der Waals surface area contributed by atoms with Crippen molar-refractivity contribution in [2.24, 2.45) is 0 Å². The number of hydrogen-bond donors (Lipinski definition) is 1. The minimum Gasteiger partial charge on any atom is -0.485 e. The van der Waals surface area contributed by atoms with E-state index in [0.29, 0.717) is 53.1 Å². The van der Waals surface area contributed by atoms with Crippen LogP contribution in [0.2, 0.25) is 5.02 Å². The maximum Gasteiger partial charge on any atom is 0.277 e. The number of hydrogen-bond acceptors (Lipinski definition) is 7. The molecule has 5 rings (SSSR count). The zero-order valence-electron chi connectivity index (χ0n) is 22.0. The van der Waals surface area contributed by atoms with E-state index in [-0.39, 0.29) is 29.0 Å². The van der Waals surface area contributed by atoms with Gasteiger partial charge in [0.05, 0.1) is 23.3 Å². The molecule has 4 heterocycles. The molecule has 4 aromatic heterocycles. The second kappa shape index (κ2) is 10.7. The van der Waals surface area contributed by atoms with Gasteiger partial charge in [-0.15, -0.1) is 0 Å². The van der Waals surface area contributed by atoms with Gasteiger partial charge in [-0.3, -0.25) is 24.1 Å². The monoisotopic (exact) mass is 566 g/mol. The molecule has 4 aromatic rings. The Hall–Kier alpha value is -4.25. The Morgan fingerprint density at radius 2 is 1.90 bits per heavy atom. The van der Waals surface area contributed by atoms with E-state index in [1.807, 2.05) is 0 Å². The first-order valence-corrected chi connectivity index (χ1v) is 12.9. The van der Waals surface area contributed by atoms with Crippen molar-refractivity contribution in [3.63, 3.8) is 0 Å². The van der Waals surface area contributed by atoms with Crippen LogP contribution in [0.5, 0.6) is 5.75 Å². The number of amides is 1. The molecule has 0 spiro atoms. The van der Waals surface area contributed by atoms with Gasteiger partial charge in [0.25, 0.3) is 5.56 Å². The van der Waals surface area contributed by atoms with E-state index < -0.39 is 22.6 Å². The molecule has 1 fully saturated rings. The third-order valence-corrected chi connectivity index (χ3v) is 7.43. The molecule has 1 amide bonds. The smallest absolute Gasteiger partial charge is 0.277 e. The average Bonchev–Trinajstić information content (AvgIpc) is 2.91. The number of pyridine rings is 3. The average molecular weight is 567 g/mol. The molecule has 206 valence electrons. The summed E-state index contributed by atoms with van der Waals surface area (Å²) < 4.78 is 34.1. The van der Waals surface area contributed by atoms with Crippen LogP contribution in [-0.2, 0) is 16.8 Å². The lowest BCUT2D eigenvalue weighted by Gasteiger charge is -2.38. The summed E-state index contributed by atoms with van der Waals surface area (Å²) in [7, 11) is 1.60. The van der Waals surface area contributed by atoms with Crippen molar-refractivity contribution >= 4 is 17.5 Å². The van der Waals surface area contributed by atoms with Crippen LogP contribution in [0, 0.1) is 25.5 Å². The number of carbonyl (C=O) groups excluding carboxylic acids is 1. The summed E-state index contributed by atoms with van der Waals surface area (Å²) in [5.41, 5.74) is 1.26. The first-order chi connectivity index (χ1) is 19.1. The molecule has 1 aliphatic rings. The predicted molar refractivity (Wildman–Crippen MR) is 143 cm³/mol. The summed E-state index contributed by atoms with van der Waals surface area (Å²) in [6.07, 6.45) is 6.33. The van der Waals surface area contributed by atoms with E-state index in [0.717, 1.165) is 12.6 Å². The molecule has 1 saturated carbocycles. The Kier molecular flexibility index (Phi) is 7.33. The highest BCUT2D eigenvalue weighted by Crippen LogP contribution is 2.42. The molecule has 0 saturated heterocycles. The first-order valence-electron chi connectivity index (χ1n) is 12.5. The third kappa shape index (κ3) is 4.81. The molecule has 1 N–H and O–H groups in total. The predicted octanol–water partition coefficient (Wildman–Crippen LogP) is 4.38. The molecular weight excluding hydrogens is 542 g/mol. The fourth-order valence-electron chi connectivity index (χ4n) is 4.73. The van der Waals surface area contributed by atoms with E-state index in [1.54, 1.807) is 51.5 Å². The van der Waals surface area contributed by atoms with Gasteiger partial charge >= 0.3 is 0 Å². The van der Waals surface area contributed by atoms with Gasteiger partial charge in [-0.05, 0) is 44.4 Å². The minimum absolute atomic E-state index is 0.0401. The Balaban J connectivity index is 1.49. The maximum atomic E-state index is 14.0. The van der Waals surface area contributed by atoms with Crippen LogP contribution in [0.15, 0.2) is 47.7 Å². The van der Waals surface area contributed by atoms with Crippen LogP contribution in [0.25, 0.3) is 17.1 Å². The first kappa shape index (κ1) is 27.3. The molecule has 1 aliphatic carbocycles. The molecular formula is C28H25ClF2N6O3. The SMILES string of the molecule is CNC(=O)C1(c2nccc(-c3cc(-n4c(C)cc(OCc5ncc(F)cc5F)c(Cl)c4=O)c(C)cn3)n2)CCC1. The van der Waals surface area contributed by atoms with E-state index >= 15 is 0 Å². The molecule has 0 unspecified atom stereocenters. The van der Waals surface area contributed by atoms with Crippen LogP contribution in [-0.4, -0.2) is 37.5 Å². The van der Waals surface area contributed by atoms with Gasteiger partial charge in [-0.2, -0.15) is 0 Å². The fraction of sp³-hybridized carbons (Fsp3) is 0.286. The largest absolute Gasteiger partial charge is 0.485 e. The van der Waals surface area contributed by atoms with Gasteiger partial charge in [-0.1, -0.05) is 18.0 Å². The number of nitrogens with zero attached hydrogens (tertiary/aromatic N) is 5. The molecule has 0 radical (unpaired) electrons. The molecule has 9 nitrogen and oxygen atoms in total. The lowest BCUT2D eigenvalue weighted by Crippen LogP contribution is -2.49. The zero-order valence-corrected chi connectivity index (χ0v) is 22.7. The summed E-state index contributed by atoms with van der Waals surface area (Å²) in [6.45, 7) is 3.16. The number of nitrogens with one attached hydrogen (secondary N) is 1. The van der Waals surface area contributed by atoms with Crippen molar-refractivity contribution < 1.29 is 18.3 Å². The highest BCUT2D eigenvalue weighted by atomic mass is 35.5. The lowest BCUT2D eigenvalue weighted by molar-refractivity contribution is -0.129. The number of aromatic nitrogens is 5.